The molecule has 0 aliphatic carbocycles. The number of hydrogen-bond acceptors (Lipinski definition) is 5. The standard InChI is InChI=1S/C31H39N5O/c1-22-10-16-36(17-11-22)30-9-6-25(19-33-30)21-35-14-12-28(13-15-35)34-31(37)26-7-4-23(2)29(18-26)27-8-5-24(3)32-20-27/h4-9,18-20,22,28H,10-17,21H2,1-3H3,(H,34,37). The third kappa shape index (κ3) is 6.37. The van der Waals surface area contributed by atoms with Gasteiger partial charge in [-0.25, -0.2) is 4.98 Å². The van der Waals surface area contributed by atoms with Gasteiger partial charge in [0, 0.05) is 68.0 Å². The topological polar surface area (TPSA) is 61.4 Å². The van der Waals surface area contributed by atoms with Gasteiger partial charge in [-0.1, -0.05) is 25.1 Å². The van der Waals surface area contributed by atoms with Crippen LogP contribution in [0.4, 0.5) is 5.82 Å². The second-order valence-electron chi connectivity index (χ2n) is 10.9. The summed E-state index contributed by atoms with van der Waals surface area (Å²) in [6, 6.07) is 14.6. The van der Waals surface area contributed by atoms with E-state index in [1.54, 1.807) is 0 Å². The molecular formula is C31H39N5O. The lowest BCUT2D eigenvalue weighted by Gasteiger charge is -2.33. The summed E-state index contributed by atoms with van der Waals surface area (Å²) in [4.78, 5) is 27.1. The van der Waals surface area contributed by atoms with Crippen LogP contribution >= 0.6 is 0 Å². The molecule has 0 saturated carbocycles. The zero-order valence-electron chi connectivity index (χ0n) is 22.4. The van der Waals surface area contributed by atoms with E-state index in [9.17, 15) is 4.79 Å². The maximum atomic E-state index is 13.1. The van der Waals surface area contributed by atoms with Crippen molar-refractivity contribution in [2.45, 2.75) is 59.0 Å². The Morgan fingerprint density at radius 1 is 0.919 bits per heavy atom. The van der Waals surface area contributed by atoms with Gasteiger partial charge in [-0.05, 0) is 86.4 Å². The molecule has 2 aliphatic rings. The molecule has 2 aromatic heterocycles. The Hall–Kier alpha value is -3.25. The van der Waals surface area contributed by atoms with Crippen LogP contribution in [-0.4, -0.2) is 53.0 Å². The van der Waals surface area contributed by atoms with Crippen LogP contribution in [0.5, 0.6) is 0 Å². The van der Waals surface area contributed by atoms with Crippen LogP contribution in [-0.2, 0) is 6.54 Å². The van der Waals surface area contributed by atoms with E-state index in [4.69, 9.17) is 4.98 Å². The van der Waals surface area contributed by atoms with E-state index in [1.165, 1.54) is 18.4 Å². The Morgan fingerprint density at radius 2 is 1.70 bits per heavy atom. The summed E-state index contributed by atoms with van der Waals surface area (Å²) < 4.78 is 0. The minimum atomic E-state index is 0.00617. The molecule has 4 heterocycles. The summed E-state index contributed by atoms with van der Waals surface area (Å²) in [6.07, 6.45) is 8.36. The van der Waals surface area contributed by atoms with Gasteiger partial charge in [0.15, 0.2) is 0 Å². The van der Waals surface area contributed by atoms with E-state index in [0.717, 1.165) is 79.7 Å². The van der Waals surface area contributed by atoms with Crippen LogP contribution in [0.25, 0.3) is 11.1 Å². The fourth-order valence-corrected chi connectivity index (χ4v) is 5.40. The van der Waals surface area contributed by atoms with E-state index in [0.29, 0.717) is 5.56 Å². The molecule has 0 bridgehead atoms. The second kappa shape index (κ2) is 11.4. The number of hydrogen-bond donors (Lipinski definition) is 1. The quantitative estimate of drug-likeness (QED) is 0.495. The van der Waals surface area contributed by atoms with Crippen molar-refractivity contribution in [2.75, 3.05) is 31.1 Å². The smallest absolute Gasteiger partial charge is 0.251 e. The molecule has 6 nitrogen and oxygen atoms in total. The molecule has 37 heavy (non-hydrogen) atoms. The molecule has 194 valence electrons. The van der Waals surface area contributed by atoms with Crippen molar-refractivity contribution in [3.8, 4) is 11.1 Å². The molecule has 1 amide bonds. The lowest BCUT2D eigenvalue weighted by atomic mass is 9.98. The molecule has 1 aromatic carbocycles. The molecule has 0 unspecified atom stereocenters. The van der Waals surface area contributed by atoms with Crippen LogP contribution in [0.1, 0.15) is 59.8 Å². The number of pyridine rings is 2. The molecule has 6 heteroatoms. The molecule has 0 spiro atoms. The van der Waals surface area contributed by atoms with Crippen molar-refractivity contribution < 1.29 is 4.79 Å². The van der Waals surface area contributed by atoms with E-state index >= 15 is 0 Å². The van der Waals surface area contributed by atoms with Gasteiger partial charge in [-0.15, -0.1) is 0 Å². The molecule has 2 saturated heterocycles. The molecule has 1 N–H and O–H groups in total. The Balaban J connectivity index is 1.12. The first-order valence-electron chi connectivity index (χ1n) is 13.7. The number of carbonyl (C=O) groups excluding carboxylic acids is 1. The first kappa shape index (κ1) is 25.4. The normalized spacial score (nSPS) is 17.6. The van der Waals surface area contributed by atoms with Crippen LogP contribution in [0.2, 0.25) is 0 Å². The fraction of sp³-hybridized carbons (Fsp3) is 0.452. The van der Waals surface area contributed by atoms with Crippen molar-refractivity contribution in [3.63, 3.8) is 0 Å². The van der Waals surface area contributed by atoms with Gasteiger partial charge < -0.3 is 10.2 Å². The summed E-state index contributed by atoms with van der Waals surface area (Å²) in [5.74, 6) is 1.94. The summed E-state index contributed by atoms with van der Waals surface area (Å²) in [5, 5.41) is 3.27. The van der Waals surface area contributed by atoms with Crippen molar-refractivity contribution in [1.29, 1.82) is 0 Å². The van der Waals surface area contributed by atoms with Gasteiger partial charge in [0.05, 0.1) is 0 Å². The van der Waals surface area contributed by atoms with Crippen LogP contribution in [0.15, 0.2) is 54.9 Å². The molecule has 3 aromatic rings. The minimum absolute atomic E-state index is 0.00617. The SMILES string of the molecule is Cc1ccc(-c2cc(C(=O)NC3CCN(Cc4ccc(N5CCC(C)CC5)nc4)CC3)ccc2C)cn1. The minimum Gasteiger partial charge on any atom is -0.357 e. The summed E-state index contributed by atoms with van der Waals surface area (Å²) in [6.45, 7) is 11.5. The van der Waals surface area contributed by atoms with Crippen molar-refractivity contribution in [3.05, 3.63) is 77.2 Å². The Labute approximate surface area is 221 Å². The molecule has 2 fully saturated rings. The van der Waals surface area contributed by atoms with Gasteiger partial charge in [-0.3, -0.25) is 14.7 Å². The summed E-state index contributed by atoms with van der Waals surface area (Å²) in [7, 11) is 0. The molecule has 5 rings (SSSR count). The van der Waals surface area contributed by atoms with Gasteiger partial charge in [0.1, 0.15) is 5.82 Å². The average molecular weight is 498 g/mol. The Kier molecular flexibility index (Phi) is 7.85. The first-order valence-corrected chi connectivity index (χ1v) is 13.7. The predicted molar refractivity (Wildman–Crippen MR) is 150 cm³/mol. The molecule has 0 radical (unpaired) electrons. The largest absolute Gasteiger partial charge is 0.357 e. The number of rotatable bonds is 6. The number of nitrogens with one attached hydrogen (secondary N) is 1. The van der Waals surface area contributed by atoms with Crippen LogP contribution in [0.3, 0.4) is 0 Å². The highest BCUT2D eigenvalue weighted by molar-refractivity contribution is 5.96. The number of anilines is 1. The average Bonchev–Trinajstić information content (AvgIpc) is 2.91. The van der Waals surface area contributed by atoms with Gasteiger partial charge in [0.2, 0.25) is 0 Å². The number of carbonyl (C=O) groups is 1. The monoisotopic (exact) mass is 497 g/mol. The third-order valence-corrected chi connectivity index (χ3v) is 7.97. The lowest BCUT2D eigenvalue weighted by Crippen LogP contribution is -2.44. The van der Waals surface area contributed by atoms with E-state index < -0.39 is 0 Å². The van der Waals surface area contributed by atoms with Crippen molar-refractivity contribution >= 4 is 11.7 Å². The summed E-state index contributed by atoms with van der Waals surface area (Å²) in [5.41, 5.74) is 6.20. The Bertz CT molecular complexity index is 1190. The number of likely N-dealkylation sites (tertiary alicyclic amines) is 1. The molecular weight excluding hydrogens is 458 g/mol. The maximum Gasteiger partial charge on any atom is 0.251 e. The van der Waals surface area contributed by atoms with E-state index in [1.807, 2.05) is 43.6 Å². The number of aromatic nitrogens is 2. The number of aryl methyl sites for hydroxylation is 2. The van der Waals surface area contributed by atoms with Crippen LogP contribution < -0.4 is 10.2 Å². The van der Waals surface area contributed by atoms with Crippen LogP contribution in [0, 0.1) is 19.8 Å². The van der Waals surface area contributed by atoms with E-state index in [-0.39, 0.29) is 11.9 Å². The highest BCUT2D eigenvalue weighted by Gasteiger charge is 2.22. The second-order valence-corrected chi connectivity index (χ2v) is 10.9. The Morgan fingerprint density at radius 3 is 2.38 bits per heavy atom. The number of piperidine rings is 2. The maximum absolute atomic E-state index is 13.1. The van der Waals surface area contributed by atoms with E-state index in [2.05, 4.69) is 52.1 Å². The van der Waals surface area contributed by atoms with Crippen molar-refractivity contribution in [2.24, 2.45) is 5.92 Å². The van der Waals surface area contributed by atoms with Crippen molar-refractivity contribution in [1.82, 2.24) is 20.2 Å². The lowest BCUT2D eigenvalue weighted by molar-refractivity contribution is 0.0909. The number of amides is 1. The van der Waals surface area contributed by atoms with Gasteiger partial charge >= 0.3 is 0 Å². The first-order chi connectivity index (χ1) is 17.9. The third-order valence-electron chi connectivity index (χ3n) is 7.97. The molecule has 2 aliphatic heterocycles. The number of benzene rings is 1. The highest BCUT2D eigenvalue weighted by Crippen LogP contribution is 2.25. The zero-order valence-corrected chi connectivity index (χ0v) is 22.4. The zero-order chi connectivity index (χ0) is 25.8. The van der Waals surface area contributed by atoms with Gasteiger partial charge in [-0.2, -0.15) is 0 Å². The van der Waals surface area contributed by atoms with Gasteiger partial charge in [0.25, 0.3) is 5.91 Å². The molecule has 0 atom stereocenters. The highest BCUT2D eigenvalue weighted by atomic mass is 16.1. The summed E-state index contributed by atoms with van der Waals surface area (Å²) >= 11 is 0. The predicted octanol–water partition coefficient (Wildman–Crippen LogP) is 5.39. The number of nitrogens with zero attached hydrogens (tertiary/aromatic N) is 4. The fourth-order valence-electron chi connectivity index (χ4n) is 5.40.